The molecule has 1 amide bonds. The fourth-order valence-corrected chi connectivity index (χ4v) is 4.48. The number of nitriles is 1. The summed E-state index contributed by atoms with van der Waals surface area (Å²) in [6.07, 6.45) is 2.23. The van der Waals surface area contributed by atoms with Crippen LogP contribution in [0.15, 0.2) is 53.7 Å². The van der Waals surface area contributed by atoms with Crippen molar-refractivity contribution in [1.29, 1.82) is 5.26 Å². The third kappa shape index (κ3) is 4.68. The molecule has 2 aromatic carbocycles. The largest absolute Gasteiger partial charge is 0.341 e. The number of amides is 1. The van der Waals surface area contributed by atoms with Crippen LogP contribution in [0.1, 0.15) is 25.3 Å². The molecule has 7 nitrogen and oxygen atoms in total. The van der Waals surface area contributed by atoms with Gasteiger partial charge in [0.15, 0.2) is 5.16 Å². The summed E-state index contributed by atoms with van der Waals surface area (Å²) in [5.74, 6) is 0.542. The Balaban J connectivity index is 1.60. The molecule has 3 aromatic rings. The Kier molecular flexibility index (Phi) is 6.44. The van der Waals surface area contributed by atoms with Crippen molar-refractivity contribution >= 4 is 40.9 Å². The first-order valence-electron chi connectivity index (χ1n) is 10.00. The number of halogens is 1. The van der Waals surface area contributed by atoms with Crippen LogP contribution in [-0.4, -0.2) is 39.0 Å². The Morgan fingerprint density at radius 3 is 2.71 bits per heavy atom. The second-order valence-corrected chi connectivity index (χ2v) is 8.94. The molecular formula is C22H21ClN6OS. The molecule has 4 rings (SSSR count). The van der Waals surface area contributed by atoms with Crippen LogP contribution in [0.25, 0.3) is 5.69 Å². The van der Waals surface area contributed by atoms with Gasteiger partial charge in [0.05, 0.1) is 22.2 Å². The highest BCUT2D eigenvalue weighted by Crippen LogP contribution is 2.32. The number of nitrogens with zero attached hydrogens (tertiary/aromatic N) is 5. The van der Waals surface area contributed by atoms with E-state index in [-0.39, 0.29) is 5.91 Å². The van der Waals surface area contributed by atoms with Crippen LogP contribution < -0.4 is 10.2 Å². The van der Waals surface area contributed by atoms with Crippen molar-refractivity contribution in [3.05, 3.63) is 59.1 Å². The van der Waals surface area contributed by atoms with Gasteiger partial charge in [-0.25, -0.2) is 0 Å². The van der Waals surface area contributed by atoms with E-state index in [2.05, 4.69) is 26.5 Å². The van der Waals surface area contributed by atoms with Crippen LogP contribution in [0, 0.1) is 11.3 Å². The van der Waals surface area contributed by atoms with E-state index in [9.17, 15) is 10.1 Å². The number of hydrogen-bond donors (Lipinski definition) is 1. The van der Waals surface area contributed by atoms with Gasteiger partial charge < -0.3 is 10.2 Å². The van der Waals surface area contributed by atoms with Gasteiger partial charge in [-0.1, -0.05) is 41.6 Å². The van der Waals surface area contributed by atoms with Crippen molar-refractivity contribution in [1.82, 2.24) is 14.8 Å². The highest BCUT2D eigenvalue weighted by atomic mass is 35.5. The Morgan fingerprint density at radius 2 is 1.97 bits per heavy atom. The van der Waals surface area contributed by atoms with Crippen LogP contribution in [-0.2, 0) is 4.79 Å². The van der Waals surface area contributed by atoms with E-state index in [0.717, 1.165) is 37.6 Å². The standard InChI is InChI=1S/C22H21ClN6OS/c1-15(20(30)25-19-10-3-2-7-16(19)14-24)31-22-27-26-21(28-11-4-5-12-28)29(22)18-9-6-8-17(23)13-18/h2-3,6-10,13,15H,4-5,11-12H2,1H3,(H,25,30). The third-order valence-corrected chi connectivity index (χ3v) is 6.31. The minimum absolute atomic E-state index is 0.212. The molecule has 1 aliphatic rings. The zero-order chi connectivity index (χ0) is 21.8. The average molecular weight is 453 g/mol. The number of aromatic nitrogens is 3. The third-order valence-electron chi connectivity index (χ3n) is 5.03. The van der Waals surface area contributed by atoms with Crippen LogP contribution in [0.5, 0.6) is 0 Å². The molecule has 0 bridgehead atoms. The topological polar surface area (TPSA) is 86.8 Å². The van der Waals surface area contributed by atoms with Gasteiger partial charge >= 0.3 is 0 Å². The predicted octanol–water partition coefficient (Wildman–Crippen LogP) is 4.51. The second kappa shape index (κ2) is 9.41. The normalized spacial score (nSPS) is 14.3. The lowest BCUT2D eigenvalue weighted by Crippen LogP contribution is -2.24. The fraction of sp³-hybridized carbons (Fsp3) is 0.273. The molecular weight excluding hydrogens is 432 g/mol. The number of rotatable bonds is 6. The lowest BCUT2D eigenvalue weighted by molar-refractivity contribution is -0.115. The maximum Gasteiger partial charge on any atom is 0.237 e. The number of anilines is 2. The van der Waals surface area contributed by atoms with Gasteiger partial charge in [-0.15, -0.1) is 10.2 Å². The minimum Gasteiger partial charge on any atom is -0.341 e. The molecule has 0 radical (unpaired) electrons. The summed E-state index contributed by atoms with van der Waals surface area (Å²) < 4.78 is 1.95. The molecule has 1 unspecified atom stereocenters. The Morgan fingerprint density at radius 1 is 1.19 bits per heavy atom. The lowest BCUT2D eigenvalue weighted by atomic mass is 10.2. The highest BCUT2D eigenvalue weighted by molar-refractivity contribution is 8.00. The lowest BCUT2D eigenvalue weighted by Gasteiger charge is -2.19. The summed E-state index contributed by atoms with van der Waals surface area (Å²) >= 11 is 7.55. The molecule has 0 aliphatic carbocycles. The Bertz CT molecular complexity index is 1140. The van der Waals surface area contributed by atoms with Gasteiger partial charge in [0, 0.05) is 18.1 Å². The summed E-state index contributed by atoms with van der Waals surface area (Å²) in [5.41, 5.74) is 1.77. The van der Waals surface area contributed by atoms with Crippen molar-refractivity contribution in [2.45, 2.75) is 30.2 Å². The number of hydrogen-bond acceptors (Lipinski definition) is 6. The molecule has 0 saturated carbocycles. The maximum absolute atomic E-state index is 12.8. The Labute approximate surface area is 190 Å². The van der Waals surface area contributed by atoms with Gasteiger partial charge in [0.1, 0.15) is 6.07 Å². The van der Waals surface area contributed by atoms with Crippen molar-refractivity contribution < 1.29 is 4.79 Å². The van der Waals surface area contributed by atoms with Gasteiger partial charge in [-0.3, -0.25) is 9.36 Å². The Hall–Kier alpha value is -3.02. The van der Waals surface area contributed by atoms with Crippen LogP contribution in [0.4, 0.5) is 11.6 Å². The molecule has 158 valence electrons. The zero-order valence-corrected chi connectivity index (χ0v) is 18.5. The summed E-state index contributed by atoms with van der Waals surface area (Å²) in [5, 5.41) is 21.7. The predicted molar refractivity (Wildman–Crippen MR) is 123 cm³/mol. The highest BCUT2D eigenvalue weighted by Gasteiger charge is 2.25. The number of carbonyl (C=O) groups is 1. The van der Waals surface area contributed by atoms with Crippen molar-refractivity contribution in [3.63, 3.8) is 0 Å². The quantitative estimate of drug-likeness (QED) is 0.553. The fourth-order valence-electron chi connectivity index (χ4n) is 3.44. The number of nitrogens with one attached hydrogen (secondary N) is 1. The van der Waals surface area contributed by atoms with Crippen molar-refractivity contribution in [3.8, 4) is 11.8 Å². The first kappa shape index (κ1) is 21.2. The van der Waals surface area contributed by atoms with E-state index in [1.165, 1.54) is 11.8 Å². The molecule has 1 fully saturated rings. The average Bonchev–Trinajstić information content (AvgIpc) is 3.44. The molecule has 1 N–H and O–H groups in total. The molecule has 1 saturated heterocycles. The van der Waals surface area contributed by atoms with Gasteiger partial charge in [-0.05, 0) is 50.1 Å². The van der Waals surface area contributed by atoms with E-state index in [0.29, 0.717) is 21.4 Å². The summed E-state index contributed by atoms with van der Waals surface area (Å²) in [6.45, 7) is 3.65. The van der Waals surface area contributed by atoms with E-state index < -0.39 is 5.25 Å². The monoisotopic (exact) mass is 452 g/mol. The minimum atomic E-state index is -0.458. The number of para-hydroxylation sites is 1. The molecule has 0 spiro atoms. The number of thioether (sulfide) groups is 1. The van der Waals surface area contributed by atoms with Crippen LogP contribution in [0.2, 0.25) is 5.02 Å². The van der Waals surface area contributed by atoms with E-state index in [1.807, 2.05) is 35.8 Å². The van der Waals surface area contributed by atoms with Gasteiger partial charge in [0.25, 0.3) is 0 Å². The number of benzene rings is 2. The van der Waals surface area contributed by atoms with Crippen LogP contribution >= 0.6 is 23.4 Å². The molecule has 9 heteroatoms. The summed E-state index contributed by atoms with van der Waals surface area (Å²) in [7, 11) is 0. The molecule has 2 heterocycles. The van der Waals surface area contributed by atoms with Gasteiger partial charge in [-0.2, -0.15) is 5.26 Å². The summed E-state index contributed by atoms with van der Waals surface area (Å²) in [6, 6.07) is 16.5. The van der Waals surface area contributed by atoms with E-state index in [1.54, 1.807) is 24.3 Å². The van der Waals surface area contributed by atoms with E-state index in [4.69, 9.17) is 11.6 Å². The zero-order valence-electron chi connectivity index (χ0n) is 17.0. The first-order valence-corrected chi connectivity index (χ1v) is 11.3. The molecule has 1 aromatic heterocycles. The first-order chi connectivity index (χ1) is 15.1. The molecule has 31 heavy (non-hydrogen) atoms. The van der Waals surface area contributed by atoms with Crippen molar-refractivity contribution in [2.75, 3.05) is 23.3 Å². The SMILES string of the molecule is CC(Sc1nnc(N2CCCC2)n1-c1cccc(Cl)c1)C(=O)Nc1ccccc1C#N. The second-order valence-electron chi connectivity index (χ2n) is 7.20. The molecule has 1 atom stereocenters. The van der Waals surface area contributed by atoms with Crippen molar-refractivity contribution in [2.24, 2.45) is 0 Å². The van der Waals surface area contributed by atoms with Gasteiger partial charge in [0.2, 0.25) is 11.9 Å². The smallest absolute Gasteiger partial charge is 0.237 e. The number of carbonyl (C=O) groups excluding carboxylic acids is 1. The molecule has 1 aliphatic heterocycles. The maximum atomic E-state index is 12.8. The van der Waals surface area contributed by atoms with Crippen LogP contribution in [0.3, 0.4) is 0 Å². The summed E-state index contributed by atoms with van der Waals surface area (Å²) in [4.78, 5) is 15.0. The van der Waals surface area contributed by atoms with E-state index >= 15 is 0 Å².